The van der Waals surface area contributed by atoms with Crippen molar-refractivity contribution in [1.29, 1.82) is 0 Å². The minimum absolute atomic E-state index is 0.383. The van der Waals surface area contributed by atoms with Crippen LogP contribution in [0.1, 0.15) is 45.2 Å². The molecule has 1 aromatic carbocycles. The Bertz CT molecular complexity index is 309. The minimum Gasteiger partial charge on any atom is -0.310 e. The first kappa shape index (κ1) is 13.5. The molecule has 0 aromatic heterocycles. The number of benzene rings is 1. The Morgan fingerprint density at radius 2 is 1.94 bits per heavy atom. The molecule has 0 amide bonds. The summed E-state index contributed by atoms with van der Waals surface area (Å²) in [6.45, 7) is 7.73. The van der Waals surface area contributed by atoms with Crippen molar-refractivity contribution in [3.05, 3.63) is 34.9 Å². The van der Waals surface area contributed by atoms with Gasteiger partial charge in [0.25, 0.3) is 0 Å². The van der Waals surface area contributed by atoms with Gasteiger partial charge >= 0.3 is 0 Å². The maximum Gasteiger partial charge on any atom is 0.0453 e. The van der Waals surface area contributed by atoms with E-state index in [4.69, 9.17) is 11.6 Å². The molecule has 0 saturated heterocycles. The minimum atomic E-state index is 0.383. The SMILES string of the molecule is CCCNC(CC(C)C)c1ccccc1Cl. The van der Waals surface area contributed by atoms with Gasteiger partial charge in [-0.05, 0) is 36.9 Å². The third-order valence-corrected chi connectivity index (χ3v) is 2.97. The number of rotatable bonds is 6. The van der Waals surface area contributed by atoms with Crippen LogP contribution in [0.15, 0.2) is 24.3 Å². The van der Waals surface area contributed by atoms with Crippen molar-refractivity contribution in [1.82, 2.24) is 5.32 Å². The molecular weight excluding hydrogens is 218 g/mol. The Morgan fingerprint density at radius 3 is 2.50 bits per heavy atom. The van der Waals surface area contributed by atoms with Crippen LogP contribution in [0.5, 0.6) is 0 Å². The van der Waals surface area contributed by atoms with E-state index in [0.717, 1.165) is 24.4 Å². The average molecular weight is 240 g/mol. The van der Waals surface area contributed by atoms with E-state index in [2.05, 4.69) is 38.2 Å². The summed E-state index contributed by atoms with van der Waals surface area (Å²) < 4.78 is 0. The van der Waals surface area contributed by atoms with Crippen molar-refractivity contribution < 1.29 is 0 Å². The summed E-state index contributed by atoms with van der Waals surface area (Å²) in [5, 5.41) is 4.45. The van der Waals surface area contributed by atoms with Gasteiger partial charge in [0.15, 0.2) is 0 Å². The lowest BCUT2D eigenvalue weighted by atomic mass is 9.97. The Labute approximate surface area is 104 Å². The first-order valence-electron chi connectivity index (χ1n) is 6.13. The van der Waals surface area contributed by atoms with Crippen LogP contribution in [0.2, 0.25) is 5.02 Å². The van der Waals surface area contributed by atoms with Gasteiger partial charge in [0.1, 0.15) is 0 Å². The standard InChI is InChI=1S/C14H22ClN/c1-4-9-16-14(10-11(2)3)12-7-5-6-8-13(12)15/h5-8,11,14,16H,4,9-10H2,1-3H3. The molecule has 90 valence electrons. The summed E-state index contributed by atoms with van der Waals surface area (Å²) in [6, 6.07) is 8.52. The van der Waals surface area contributed by atoms with Gasteiger partial charge in [0.05, 0.1) is 0 Å². The molecule has 16 heavy (non-hydrogen) atoms. The van der Waals surface area contributed by atoms with E-state index < -0.39 is 0 Å². The molecule has 1 aromatic rings. The molecule has 0 saturated carbocycles. The van der Waals surface area contributed by atoms with Gasteiger partial charge in [0.2, 0.25) is 0 Å². The molecule has 1 atom stereocenters. The van der Waals surface area contributed by atoms with Crippen LogP contribution in [-0.2, 0) is 0 Å². The van der Waals surface area contributed by atoms with E-state index in [1.165, 1.54) is 5.56 Å². The molecule has 0 aliphatic rings. The highest BCUT2D eigenvalue weighted by atomic mass is 35.5. The maximum absolute atomic E-state index is 6.24. The molecule has 0 heterocycles. The summed E-state index contributed by atoms with van der Waals surface area (Å²) >= 11 is 6.24. The molecule has 0 fully saturated rings. The van der Waals surface area contributed by atoms with Crippen LogP contribution in [-0.4, -0.2) is 6.54 Å². The molecular formula is C14H22ClN. The summed E-state index contributed by atoms with van der Waals surface area (Å²) in [7, 11) is 0. The van der Waals surface area contributed by atoms with Crippen molar-refractivity contribution in [2.45, 2.75) is 39.7 Å². The van der Waals surface area contributed by atoms with E-state index >= 15 is 0 Å². The smallest absolute Gasteiger partial charge is 0.0453 e. The molecule has 0 aliphatic heterocycles. The van der Waals surface area contributed by atoms with Gasteiger partial charge < -0.3 is 5.32 Å². The zero-order valence-corrected chi connectivity index (χ0v) is 11.2. The van der Waals surface area contributed by atoms with Gasteiger partial charge in [-0.15, -0.1) is 0 Å². The van der Waals surface area contributed by atoms with Crippen molar-refractivity contribution in [2.24, 2.45) is 5.92 Å². The van der Waals surface area contributed by atoms with E-state index in [1.54, 1.807) is 0 Å². The fourth-order valence-corrected chi connectivity index (χ4v) is 2.14. The second kappa shape index (κ2) is 6.93. The summed E-state index contributed by atoms with van der Waals surface area (Å²) in [4.78, 5) is 0. The van der Waals surface area contributed by atoms with Crippen molar-refractivity contribution in [2.75, 3.05) is 6.54 Å². The molecule has 2 heteroatoms. The first-order chi connectivity index (χ1) is 7.65. The van der Waals surface area contributed by atoms with Crippen molar-refractivity contribution >= 4 is 11.6 Å². The molecule has 1 unspecified atom stereocenters. The third-order valence-electron chi connectivity index (χ3n) is 2.63. The largest absolute Gasteiger partial charge is 0.310 e. The molecule has 1 rings (SSSR count). The highest BCUT2D eigenvalue weighted by Crippen LogP contribution is 2.27. The summed E-state index contributed by atoms with van der Waals surface area (Å²) in [5.41, 5.74) is 1.23. The second-order valence-electron chi connectivity index (χ2n) is 4.66. The van der Waals surface area contributed by atoms with Gasteiger partial charge in [-0.25, -0.2) is 0 Å². The van der Waals surface area contributed by atoms with Crippen molar-refractivity contribution in [3.63, 3.8) is 0 Å². The molecule has 0 radical (unpaired) electrons. The van der Waals surface area contributed by atoms with Gasteiger partial charge in [-0.2, -0.15) is 0 Å². The summed E-state index contributed by atoms with van der Waals surface area (Å²) in [5.74, 6) is 0.672. The second-order valence-corrected chi connectivity index (χ2v) is 5.06. The topological polar surface area (TPSA) is 12.0 Å². The molecule has 1 N–H and O–H groups in total. The van der Waals surface area contributed by atoms with Gasteiger partial charge in [-0.1, -0.05) is 50.6 Å². The number of halogens is 1. The van der Waals surface area contributed by atoms with Crippen LogP contribution in [0.25, 0.3) is 0 Å². The fourth-order valence-electron chi connectivity index (χ4n) is 1.87. The van der Waals surface area contributed by atoms with Crippen LogP contribution in [0.3, 0.4) is 0 Å². The first-order valence-corrected chi connectivity index (χ1v) is 6.50. The predicted molar refractivity (Wildman–Crippen MR) is 71.9 cm³/mol. The van der Waals surface area contributed by atoms with Crippen molar-refractivity contribution in [3.8, 4) is 0 Å². The lowest BCUT2D eigenvalue weighted by Crippen LogP contribution is -2.23. The zero-order valence-electron chi connectivity index (χ0n) is 10.5. The third kappa shape index (κ3) is 4.15. The lowest BCUT2D eigenvalue weighted by molar-refractivity contribution is 0.430. The Kier molecular flexibility index (Phi) is 5.86. The monoisotopic (exact) mass is 239 g/mol. The number of hydrogen-bond acceptors (Lipinski definition) is 1. The highest BCUT2D eigenvalue weighted by molar-refractivity contribution is 6.31. The molecule has 0 aliphatic carbocycles. The molecule has 1 nitrogen and oxygen atoms in total. The molecule has 0 bridgehead atoms. The molecule has 0 spiro atoms. The van der Waals surface area contributed by atoms with Crippen LogP contribution in [0, 0.1) is 5.92 Å². The quantitative estimate of drug-likeness (QED) is 0.775. The Hall–Kier alpha value is -0.530. The Morgan fingerprint density at radius 1 is 1.25 bits per heavy atom. The van der Waals surface area contributed by atoms with E-state index in [1.807, 2.05) is 12.1 Å². The summed E-state index contributed by atoms with van der Waals surface area (Å²) in [6.07, 6.45) is 2.28. The number of nitrogens with one attached hydrogen (secondary N) is 1. The van der Waals surface area contributed by atoms with Crippen LogP contribution in [0.4, 0.5) is 0 Å². The Balaban J connectivity index is 2.78. The highest BCUT2D eigenvalue weighted by Gasteiger charge is 2.14. The fraction of sp³-hybridized carbons (Fsp3) is 0.571. The predicted octanol–water partition coefficient (Wildman–Crippen LogP) is 4.43. The normalized spacial score (nSPS) is 13.1. The van der Waals surface area contributed by atoms with E-state index in [9.17, 15) is 0 Å². The van der Waals surface area contributed by atoms with Crippen LogP contribution < -0.4 is 5.32 Å². The van der Waals surface area contributed by atoms with Gasteiger partial charge in [0, 0.05) is 11.1 Å². The van der Waals surface area contributed by atoms with Crippen LogP contribution >= 0.6 is 11.6 Å². The van der Waals surface area contributed by atoms with E-state index in [-0.39, 0.29) is 0 Å². The average Bonchev–Trinajstić information content (AvgIpc) is 2.24. The number of hydrogen-bond donors (Lipinski definition) is 1. The zero-order chi connectivity index (χ0) is 12.0. The van der Waals surface area contributed by atoms with E-state index in [0.29, 0.717) is 12.0 Å². The maximum atomic E-state index is 6.24. The van der Waals surface area contributed by atoms with Gasteiger partial charge in [-0.3, -0.25) is 0 Å². The lowest BCUT2D eigenvalue weighted by Gasteiger charge is -2.22.